The monoisotopic (exact) mass is 268 g/mol. The number of benzene rings is 2. The van der Waals surface area contributed by atoms with Gasteiger partial charge in [-0.05, 0) is 48.4 Å². The zero-order chi connectivity index (χ0) is 14.5. The van der Waals surface area contributed by atoms with E-state index in [0.717, 1.165) is 16.8 Å². The molecule has 0 spiro atoms. The number of ether oxygens (including phenoxy) is 1. The summed E-state index contributed by atoms with van der Waals surface area (Å²) in [5.41, 5.74) is 3.72. The van der Waals surface area contributed by atoms with Crippen molar-refractivity contribution in [3.63, 3.8) is 0 Å². The van der Waals surface area contributed by atoms with Crippen molar-refractivity contribution in [3.05, 3.63) is 54.1 Å². The second-order valence-corrected chi connectivity index (χ2v) is 4.65. The maximum Gasteiger partial charge on any atom is 0.338 e. The average Bonchev–Trinajstić information content (AvgIpc) is 2.48. The van der Waals surface area contributed by atoms with Crippen LogP contribution in [0.1, 0.15) is 17.3 Å². The molecule has 0 amide bonds. The Balaban J connectivity index is 2.26. The number of rotatable bonds is 4. The summed E-state index contributed by atoms with van der Waals surface area (Å²) in [4.78, 5) is 13.6. The smallest absolute Gasteiger partial charge is 0.338 e. The van der Waals surface area contributed by atoms with E-state index in [2.05, 4.69) is 12.1 Å². The molecule has 0 heterocycles. The van der Waals surface area contributed by atoms with E-state index in [1.165, 1.54) is 0 Å². The molecule has 103 valence electrons. The third-order valence-electron chi connectivity index (χ3n) is 3.01. The second-order valence-electron chi connectivity index (χ2n) is 4.65. The molecule has 0 fully saturated rings. The second kappa shape index (κ2) is 6.24. The molecule has 0 N–H and O–H groups in total. The van der Waals surface area contributed by atoms with Gasteiger partial charge in [0, 0.05) is 19.8 Å². The van der Waals surface area contributed by atoms with Gasteiger partial charge in [-0.25, -0.2) is 4.79 Å². The van der Waals surface area contributed by atoms with Crippen LogP contribution in [0.3, 0.4) is 0 Å². The van der Waals surface area contributed by atoms with Crippen molar-refractivity contribution in [1.82, 2.24) is 0 Å². The first kappa shape index (κ1) is 14.1. The van der Waals surface area contributed by atoms with Crippen LogP contribution < -0.4 is 4.90 Å². The van der Waals surface area contributed by atoms with Crippen LogP contribution in [0.4, 0.5) is 5.69 Å². The summed E-state index contributed by atoms with van der Waals surface area (Å²) >= 11 is 0. The molecule has 0 saturated heterocycles. The predicted molar refractivity (Wildman–Crippen MR) is 81.0 cm³/mol. The van der Waals surface area contributed by atoms with Crippen LogP contribution in [0, 0.1) is 6.07 Å². The van der Waals surface area contributed by atoms with Gasteiger partial charge in [0.2, 0.25) is 0 Å². The van der Waals surface area contributed by atoms with E-state index in [0.29, 0.717) is 12.2 Å². The zero-order valence-corrected chi connectivity index (χ0v) is 12.0. The van der Waals surface area contributed by atoms with E-state index in [4.69, 9.17) is 4.74 Å². The lowest BCUT2D eigenvalue weighted by Gasteiger charge is -2.13. The maximum atomic E-state index is 11.6. The summed E-state index contributed by atoms with van der Waals surface area (Å²) in [5.74, 6) is -0.287. The Morgan fingerprint density at radius 2 is 1.90 bits per heavy atom. The van der Waals surface area contributed by atoms with E-state index < -0.39 is 0 Å². The molecule has 0 saturated carbocycles. The van der Waals surface area contributed by atoms with Gasteiger partial charge in [0.1, 0.15) is 0 Å². The summed E-state index contributed by atoms with van der Waals surface area (Å²) in [7, 11) is 4.01. The third kappa shape index (κ3) is 3.18. The molecule has 0 aliphatic heterocycles. The molecule has 0 aromatic heterocycles. The number of carbonyl (C=O) groups is 1. The molecule has 0 aliphatic carbocycles. The largest absolute Gasteiger partial charge is 0.462 e. The maximum absolute atomic E-state index is 11.6. The summed E-state index contributed by atoms with van der Waals surface area (Å²) in [6.45, 7) is 2.19. The van der Waals surface area contributed by atoms with Crippen molar-refractivity contribution in [1.29, 1.82) is 0 Å². The lowest BCUT2D eigenvalue weighted by molar-refractivity contribution is 0.0526. The molecule has 2 aromatic rings. The fraction of sp³-hybridized carbons (Fsp3) is 0.235. The minimum absolute atomic E-state index is 0.287. The number of esters is 1. The van der Waals surface area contributed by atoms with Gasteiger partial charge in [-0.3, -0.25) is 0 Å². The highest BCUT2D eigenvalue weighted by molar-refractivity contribution is 5.90. The third-order valence-corrected chi connectivity index (χ3v) is 3.01. The highest BCUT2D eigenvalue weighted by atomic mass is 16.5. The first-order valence-electron chi connectivity index (χ1n) is 6.58. The Hall–Kier alpha value is -2.29. The Morgan fingerprint density at radius 3 is 2.50 bits per heavy atom. The molecule has 2 aromatic carbocycles. The van der Waals surface area contributed by atoms with E-state index >= 15 is 0 Å². The molecule has 1 radical (unpaired) electrons. The topological polar surface area (TPSA) is 29.5 Å². The molecular formula is C17H18NO2. The molecule has 20 heavy (non-hydrogen) atoms. The van der Waals surface area contributed by atoms with Gasteiger partial charge in [-0.15, -0.1) is 0 Å². The number of hydrogen-bond donors (Lipinski definition) is 0. The van der Waals surface area contributed by atoms with Crippen molar-refractivity contribution in [2.45, 2.75) is 6.92 Å². The lowest BCUT2D eigenvalue weighted by atomic mass is 10.0. The fourth-order valence-electron chi connectivity index (χ4n) is 1.90. The van der Waals surface area contributed by atoms with Crippen LogP contribution in [0.2, 0.25) is 0 Å². The Labute approximate surface area is 119 Å². The van der Waals surface area contributed by atoms with E-state index in [1.54, 1.807) is 19.1 Å². The van der Waals surface area contributed by atoms with Crippen LogP contribution in [0.25, 0.3) is 11.1 Å². The first-order chi connectivity index (χ1) is 9.61. The Kier molecular flexibility index (Phi) is 4.41. The number of anilines is 1. The molecule has 0 atom stereocenters. The van der Waals surface area contributed by atoms with Gasteiger partial charge in [0.15, 0.2) is 0 Å². The van der Waals surface area contributed by atoms with Crippen LogP contribution in [0.5, 0.6) is 0 Å². The molecule has 0 unspecified atom stereocenters. The Morgan fingerprint density at radius 1 is 1.20 bits per heavy atom. The van der Waals surface area contributed by atoms with Crippen LogP contribution in [0.15, 0.2) is 42.5 Å². The first-order valence-corrected chi connectivity index (χ1v) is 6.58. The van der Waals surface area contributed by atoms with E-state index in [1.807, 2.05) is 43.3 Å². The van der Waals surface area contributed by atoms with Crippen LogP contribution in [-0.4, -0.2) is 26.7 Å². The van der Waals surface area contributed by atoms with Crippen LogP contribution in [-0.2, 0) is 4.74 Å². The number of carbonyl (C=O) groups excluding carboxylic acids is 1. The SMILES string of the molecule is CCOC(=O)c1ccc(-c2[c]ccc(N(C)C)c2)cc1. The van der Waals surface area contributed by atoms with Crippen molar-refractivity contribution in [2.75, 3.05) is 25.6 Å². The average molecular weight is 268 g/mol. The van der Waals surface area contributed by atoms with Gasteiger partial charge in [-0.1, -0.05) is 18.2 Å². The van der Waals surface area contributed by atoms with Gasteiger partial charge < -0.3 is 9.64 Å². The number of hydrogen-bond acceptors (Lipinski definition) is 3. The highest BCUT2D eigenvalue weighted by Gasteiger charge is 2.07. The molecule has 0 bridgehead atoms. The quantitative estimate of drug-likeness (QED) is 0.796. The predicted octanol–water partition coefficient (Wildman–Crippen LogP) is 3.40. The molecule has 3 heteroatoms. The van der Waals surface area contributed by atoms with Crippen molar-refractivity contribution < 1.29 is 9.53 Å². The molecule has 0 aliphatic rings. The normalized spacial score (nSPS) is 10.2. The van der Waals surface area contributed by atoms with Gasteiger partial charge in [-0.2, -0.15) is 0 Å². The van der Waals surface area contributed by atoms with E-state index in [-0.39, 0.29) is 5.97 Å². The summed E-state index contributed by atoms with van der Waals surface area (Å²) in [5, 5.41) is 0. The lowest BCUT2D eigenvalue weighted by Crippen LogP contribution is -2.08. The van der Waals surface area contributed by atoms with E-state index in [9.17, 15) is 4.79 Å². The zero-order valence-electron chi connectivity index (χ0n) is 12.0. The standard InChI is InChI=1S/C17H18NO2/c1-4-20-17(19)14-10-8-13(9-11-14)15-6-5-7-16(12-15)18(2)3/h5,7-12H,4H2,1-3H3. The molecular weight excluding hydrogens is 250 g/mol. The van der Waals surface area contributed by atoms with Gasteiger partial charge in [0.25, 0.3) is 0 Å². The number of nitrogens with zero attached hydrogens (tertiary/aromatic N) is 1. The molecule has 3 nitrogen and oxygen atoms in total. The Bertz CT molecular complexity index is 588. The van der Waals surface area contributed by atoms with Gasteiger partial charge in [0.05, 0.1) is 12.2 Å². The summed E-state index contributed by atoms with van der Waals surface area (Å²) in [6, 6.07) is 16.6. The summed E-state index contributed by atoms with van der Waals surface area (Å²) in [6.07, 6.45) is 0. The van der Waals surface area contributed by atoms with Crippen LogP contribution >= 0.6 is 0 Å². The van der Waals surface area contributed by atoms with Crippen molar-refractivity contribution in [3.8, 4) is 11.1 Å². The molecule has 2 rings (SSSR count). The van der Waals surface area contributed by atoms with Crippen molar-refractivity contribution >= 4 is 11.7 Å². The minimum atomic E-state index is -0.287. The fourth-order valence-corrected chi connectivity index (χ4v) is 1.90. The van der Waals surface area contributed by atoms with Crippen molar-refractivity contribution in [2.24, 2.45) is 0 Å². The minimum Gasteiger partial charge on any atom is -0.462 e. The van der Waals surface area contributed by atoms with Gasteiger partial charge >= 0.3 is 5.97 Å². The summed E-state index contributed by atoms with van der Waals surface area (Å²) < 4.78 is 4.97. The highest BCUT2D eigenvalue weighted by Crippen LogP contribution is 2.23.